The molecule has 29 heavy (non-hydrogen) atoms. The van der Waals surface area contributed by atoms with Crippen molar-refractivity contribution >= 4 is 17.7 Å². The van der Waals surface area contributed by atoms with E-state index < -0.39 is 35.6 Å². The van der Waals surface area contributed by atoms with Gasteiger partial charge in [-0.05, 0) is 29.3 Å². The molecule has 0 fully saturated rings. The first kappa shape index (κ1) is 21.6. The lowest BCUT2D eigenvalue weighted by molar-refractivity contribution is -0.130. The van der Waals surface area contributed by atoms with Crippen LogP contribution in [0.3, 0.4) is 0 Å². The van der Waals surface area contributed by atoms with Gasteiger partial charge in [0, 0.05) is 19.8 Å². The van der Waals surface area contributed by atoms with Gasteiger partial charge in [0.2, 0.25) is 17.7 Å². The molecule has 150 valence electrons. The largest absolute Gasteiger partial charge is 0.368 e. The third-order valence-electron chi connectivity index (χ3n) is 4.26. The predicted molar refractivity (Wildman–Crippen MR) is 104 cm³/mol. The second-order valence-corrected chi connectivity index (χ2v) is 6.53. The van der Waals surface area contributed by atoms with Crippen molar-refractivity contribution in [3.63, 3.8) is 0 Å². The number of halogens is 1. The third kappa shape index (κ3) is 6.43. The number of rotatable bonds is 8. The summed E-state index contributed by atoms with van der Waals surface area (Å²) in [4.78, 5) is 36.0. The monoisotopic (exact) mass is 396 g/mol. The minimum atomic E-state index is -1.08. The fraction of sp³-hybridized carbons (Fsp3) is 0.238. The topological polar surface area (TPSA) is 125 Å². The Morgan fingerprint density at radius 2 is 1.69 bits per heavy atom. The molecule has 0 heterocycles. The molecule has 0 saturated carbocycles. The van der Waals surface area contributed by atoms with Crippen LogP contribution in [0.1, 0.15) is 23.6 Å². The van der Waals surface area contributed by atoms with Crippen LogP contribution in [0, 0.1) is 17.1 Å². The molecule has 2 aromatic carbocycles. The van der Waals surface area contributed by atoms with Crippen molar-refractivity contribution in [2.45, 2.75) is 31.8 Å². The lowest BCUT2D eigenvalue weighted by Gasteiger charge is -2.22. The molecule has 0 unspecified atom stereocenters. The summed E-state index contributed by atoms with van der Waals surface area (Å²) in [5.74, 6) is -2.38. The molecule has 0 aliphatic carbocycles. The van der Waals surface area contributed by atoms with Crippen LogP contribution in [-0.4, -0.2) is 29.8 Å². The Balaban J connectivity index is 2.14. The smallest absolute Gasteiger partial charge is 0.243 e. The van der Waals surface area contributed by atoms with Crippen LogP contribution in [0.2, 0.25) is 0 Å². The number of nitrogens with zero attached hydrogens (tertiary/aromatic N) is 1. The molecule has 7 nitrogen and oxygen atoms in total. The first-order chi connectivity index (χ1) is 13.8. The zero-order valence-corrected chi connectivity index (χ0v) is 15.8. The molecular weight excluding hydrogens is 375 g/mol. The Bertz CT molecular complexity index is 938. The highest BCUT2D eigenvalue weighted by Crippen LogP contribution is 2.11. The summed E-state index contributed by atoms with van der Waals surface area (Å²) in [6.45, 7) is 1.24. The van der Waals surface area contributed by atoms with Gasteiger partial charge in [0.05, 0.1) is 11.6 Å². The fourth-order valence-electron chi connectivity index (χ4n) is 2.78. The number of primary amides is 1. The zero-order valence-electron chi connectivity index (χ0n) is 15.8. The van der Waals surface area contributed by atoms with Crippen molar-refractivity contribution in [2.75, 3.05) is 0 Å². The maximum atomic E-state index is 13.9. The standard InChI is InChI=1S/C21H21FN4O3/c1-13(27)25-19(11-16-4-2-3-5-17(16)22)21(29)26-18(20(24)28)10-14-6-8-15(12-23)9-7-14/h2-9,18-19H,10-11H2,1H3,(H2,24,28)(H,25,27)(H,26,29)/t18-,19+/m1/s1. The molecule has 0 spiro atoms. The van der Waals surface area contributed by atoms with Crippen molar-refractivity contribution in [2.24, 2.45) is 5.73 Å². The summed E-state index contributed by atoms with van der Waals surface area (Å²) in [5, 5.41) is 13.8. The number of carbonyl (C=O) groups is 3. The van der Waals surface area contributed by atoms with Crippen LogP contribution in [0.4, 0.5) is 4.39 Å². The van der Waals surface area contributed by atoms with Gasteiger partial charge in [-0.15, -0.1) is 0 Å². The highest BCUT2D eigenvalue weighted by molar-refractivity contribution is 5.91. The van der Waals surface area contributed by atoms with Crippen LogP contribution in [-0.2, 0) is 27.2 Å². The van der Waals surface area contributed by atoms with E-state index in [-0.39, 0.29) is 18.4 Å². The van der Waals surface area contributed by atoms with E-state index in [1.165, 1.54) is 25.1 Å². The summed E-state index contributed by atoms with van der Waals surface area (Å²) < 4.78 is 13.9. The van der Waals surface area contributed by atoms with Gasteiger partial charge in [0.25, 0.3) is 0 Å². The Hall–Kier alpha value is -3.73. The Morgan fingerprint density at radius 1 is 1.03 bits per heavy atom. The number of nitriles is 1. The quantitative estimate of drug-likeness (QED) is 0.614. The highest BCUT2D eigenvalue weighted by Gasteiger charge is 2.26. The molecule has 3 amide bonds. The van der Waals surface area contributed by atoms with Gasteiger partial charge in [0.15, 0.2) is 0 Å². The SMILES string of the molecule is CC(=O)N[C@@H](Cc1ccccc1F)C(=O)N[C@H](Cc1ccc(C#N)cc1)C(N)=O. The van der Waals surface area contributed by atoms with E-state index in [2.05, 4.69) is 10.6 Å². The normalized spacial score (nSPS) is 12.3. The van der Waals surface area contributed by atoms with Crippen LogP contribution in [0.15, 0.2) is 48.5 Å². The van der Waals surface area contributed by atoms with E-state index in [0.29, 0.717) is 11.1 Å². The van der Waals surface area contributed by atoms with E-state index in [4.69, 9.17) is 11.0 Å². The van der Waals surface area contributed by atoms with E-state index >= 15 is 0 Å². The molecule has 2 rings (SSSR count). The molecule has 2 aromatic rings. The van der Waals surface area contributed by atoms with E-state index in [9.17, 15) is 18.8 Å². The van der Waals surface area contributed by atoms with Crippen LogP contribution in [0.5, 0.6) is 0 Å². The molecule has 0 bridgehead atoms. The lowest BCUT2D eigenvalue weighted by Crippen LogP contribution is -2.54. The average Bonchev–Trinajstić information content (AvgIpc) is 2.68. The fourth-order valence-corrected chi connectivity index (χ4v) is 2.78. The number of carbonyl (C=O) groups excluding carboxylic acids is 3. The number of nitrogens with one attached hydrogen (secondary N) is 2. The van der Waals surface area contributed by atoms with Gasteiger partial charge in [-0.2, -0.15) is 5.26 Å². The van der Waals surface area contributed by atoms with Crippen LogP contribution >= 0.6 is 0 Å². The van der Waals surface area contributed by atoms with Gasteiger partial charge in [-0.3, -0.25) is 14.4 Å². The van der Waals surface area contributed by atoms with Gasteiger partial charge in [0.1, 0.15) is 17.9 Å². The highest BCUT2D eigenvalue weighted by atomic mass is 19.1. The summed E-state index contributed by atoms with van der Waals surface area (Å²) in [7, 11) is 0. The van der Waals surface area contributed by atoms with Crippen molar-refractivity contribution in [1.82, 2.24) is 10.6 Å². The molecular formula is C21H21FN4O3. The molecule has 0 aliphatic rings. The molecule has 2 atom stereocenters. The van der Waals surface area contributed by atoms with Gasteiger partial charge >= 0.3 is 0 Å². The summed E-state index contributed by atoms with van der Waals surface area (Å²) in [6.07, 6.45) is 0.0275. The Kier molecular flexibility index (Phi) is 7.43. The van der Waals surface area contributed by atoms with Crippen molar-refractivity contribution < 1.29 is 18.8 Å². The second kappa shape index (κ2) is 9.99. The summed E-state index contributed by atoms with van der Waals surface area (Å²) in [6, 6.07) is 12.3. The van der Waals surface area contributed by atoms with Crippen molar-refractivity contribution in [3.8, 4) is 6.07 Å². The first-order valence-electron chi connectivity index (χ1n) is 8.89. The van der Waals surface area contributed by atoms with Crippen molar-refractivity contribution in [1.29, 1.82) is 5.26 Å². The van der Waals surface area contributed by atoms with Crippen molar-refractivity contribution in [3.05, 3.63) is 71.0 Å². The maximum Gasteiger partial charge on any atom is 0.243 e. The van der Waals surface area contributed by atoms with E-state index in [1.54, 1.807) is 30.3 Å². The van der Waals surface area contributed by atoms with Crippen LogP contribution in [0.25, 0.3) is 0 Å². The predicted octanol–water partition coefficient (Wildman–Crippen LogP) is 0.957. The first-order valence-corrected chi connectivity index (χ1v) is 8.89. The zero-order chi connectivity index (χ0) is 21.4. The molecule has 0 radical (unpaired) electrons. The van der Waals surface area contributed by atoms with E-state index in [0.717, 1.165) is 0 Å². The van der Waals surface area contributed by atoms with Gasteiger partial charge in [-0.25, -0.2) is 4.39 Å². The van der Waals surface area contributed by atoms with Crippen LogP contribution < -0.4 is 16.4 Å². The minimum Gasteiger partial charge on any atom is -0.368 e. The number of hydrogen-bond acceptors (Lipinski definition) is 4. The minimum absolute atomic E-state index is 0.0829. The summed E-state index contributed by atoms with van der Waals surface area (Å²) >= 11 is 0. The molecule has 0 aliphatic heterocycles. The number of nitrogens with two attached hydrogens (primary N) is 1. The maximum absolute atomic E-state index is 13.9. The van der Waals surface area contributed by atoms with E-state index in [1.807, 2.05) is 6.07 Å². The Morgan fingerprint density at radius 3 is 2.24 bits per heavy atom. The number of hydrogen-bond donors (Lipinski definition) is 3. The summed E-state index contributed by atoms with van der Waals surface area (Å²) in [5.41, 5.74) is 6.82. The molecule has 0 saturated heterocycles. The molecule has 8 heteroatoms. The second-order valence-electron chi connectivity index (χ2n) is 6.53. The van der Waals surface area contributed by atoms with Gasteiger partial charge < -0.3 is 16.4 Å². The average molecular weight is 396 g/mol. The number of amides is 3. The molecule has 0 aromatic heterocycles. The van der Waals surface area contributed by atoms with Gasteiger partial charge in [-0.1, -0.05) is 30.3 Å². The Labute approximate surface area is 167 Å². The third-order valence-corrected chi connectivity index (χ3v) is 4.26. The number of benzene rings is 2. The lowest BCUT2D eigenvalue weighted by atomic mass is 10.0. The molecule has 4 N–H and O–H groups in total.